The van der Waals surface area contributed by atoms with Crippen LogP contribution in [-0.2, 0) is 29.7 Å². The third kappa shape index (κ3) is 2.55. The minimum absolute atomic E-state index is 0.199. The molecule has 2 aliphatic rings. The number of aryl methyl sites for hydroxylation is 2. The molecule has 1 fully saturated rings. The lowest BCUT2D eigenvalue weighted by atomic mass is 9.90. The van der Waals surface area contributed by atoms with E-state index in [1.54, 1.807) is 6.92 Å². The number of rotatable bonds is 3. The molecule has 5 rings (SSSR count). The number of para-hydroxylation sites is 1. The Hall–Kier alpha value is -2.73. The maximum atomic E-state index is 13.2. The van der Waals surface area contributed by atoms with Gasteiger partial charge in [-0.25, -0.2) is 9.78 Å². The van der Waals surface area contributed by atoms with Crippen molar-refractivity contribution in [3.63, 3.8) is 0 Å². The number of imide groups is 1. The average Bonchev–Trinajstić information content (AvgIpc) is 3.34. The zero-order chi connectivity index (χ0) is 18.6. The molecule has 2 heterocycles. The summed E-state index contributed by atoms with van der Waals surface area (Å²) in [5.41, 5.74) is 3.37. The Morgan fingerprint density at radius 3 is 2.81 bits per heavy atom. The van der Waals surface area contributed by atoms with Crippen LogP contribution in [0.25, 0.3) is 10.2 Å². The van der Waals surface area contributed by atoms with Crippen molar-refractivity contribution in [1.29, 1.82) is 0 Å². The third-order valence-electron chi connectivity index (χ3n) is 5.58. The number of thiazole rings is 1. The third-order valence-corrected chi connectivity index (χ3v) is 6.60. The first-order valence-corrected chi connectivity index (χ1v) is 9.97. The molecule has 136 valence electrons. The van der Waals surface area contributed by atoms with Gasteiger partial charge < -0.3 is 5.32 Å². The topological polar surface area (TPSA) is 62.3 Å². The van der Waals surface area contributed by atoms with E-state index in [1.807, 2.05) is 30.3 Å². The van der Waals surface area contributed by atoms with Gasteiger partial charge in [-0.1, -0.05) is 30.3 Å². The van der Waals surface area contributed by atoms with Crippen molar-refractivity contribution in [3.8, 4) is 0 Å². The molecular weight excluding hydrogens is 358 g/mol. The minimum Gasteiger partial charge on any atom is -0.319 e. The first kappa shape index (κ1) is 16.4. The van der Waals surface area contributed by atoms with Crippen LogP contribution in [0, 0.1) is 0 Å². The molecule has 1 aromatic heterocycles. The summed E-state index contributed by atoms with van der Waals surface area (Å²) in [6.45, 7) is 1.99. The first-order chi connectivity index (χ1) is 13.0. The largest absolute Gasteiger partial charge is 0.325 e. The molecule has 1 N–H and O–H groups in total. The van der Waals surface area contributed by atoms with Crippen LogP contribution in [-0.4, -0.2) is 21.8 Å². The zero-order valence-electron chi connectivity index (χ0n) is 15.0. The van der Waals surface area contributed by atoms with E-state index < -0.39 is 5.54 Å². The minimum atomic E-state index is -1.02. The number of aromatic nitrogens is 1. The van der Waals surface area contributed by atoms with E-state index in [4.69, 9.17) is 0 Å². The van der Waals surface area contributed by atoms with E-state index in [0.717, 1.165) is 40.1 Å². The van der Waals surface area contributed by atoms with Crippen molar-refractivity contribution in [2.45, 2.75) is 38.3 Å². The number of carbonyl (C=O) groups excluding carboxylic acids is 2. The van der Waals surface area contributed by atoms with Gasteiger partial charge >= 0.3 is 6.03 Å². The monoisotopic (exact) mass is 377 g/mol. The lowest BCUT2D eigenvalue weighted by Gasteiger charge is -2.23. The molecule has 1 aliphatic carbocycles. The summed E-state index contributed by atoms with van der Waals surface area (Å²) in [5, 5.41) is 3.67. The molecule has 0 saturated carbocycles. The Kier molecular flexibility index (Phi) is 3.59. The number of fused-ring (bicyclic) bond motifs is 2. The quantitative estimate of drug-likeness (QED) is 0.707. The molecule has 1 aliphatic heterocycles. The number of hydrogen-bond acceptors (Lipinski definition) is 4. The summed E-state index contributed by atoms with van der Waals surface area (Å²) >= 11 is 1.52. The van der Waals surface area contributed by atoms with Crippen molar-refractivity contribution in [1.82, 2.24) is 15.2 Å². The van der Waals surface area contributed by atoms with Gasteiger partial charge in [0.1, 0.15) is 10.5 Å². The highest BCUT2D eigenvalue weighted by Gasteiger charge is 2.49. The number of nitrogens with zero attached hydrogens (tertiary/aromatic N) is 2. The second kappa shape index (κ2) is 5.89. The molecule has 0 unspecified atom stereocenters. The Bertz CT molecular complexity index is 1060. The SMILES string of the molecule is C[C@]1(c2ccc3c(c2)CCC3)NC(=O)N(Cc2nc3ccccc3s2)C1=O. The van der Waals surface area contributed by atoms with E-state index in [9.17, 15) is 9.59 Å². The molecule has 0 radical (unpaired) electrons. The Balaban J connectivity index is 1.45. The van der Waals surface area contributed by atoms with Crippen molar-refractivity contribution < 1.29 is 9.59 Å². The number of amides is 3. The number of benzene rings is 2. The van der Waals surface area contributed by atoms with Crippen LogP contribution >= 0.6 is 11.3 Å². The van der Waals surface area contributed by atoms with Gasteiger partial charge in [-0.3, -0.25) is 9.69 Å². The molecule has 1 saturated heterocycles. The van der Waals surface area contributed by atoms with Crippen LogP contribution in [0.15, 0.2) is 42.5 Å². The summed E-state index contributed by atoms with van der Waals surface area (Å²) in [4.78, 5) is 31.6. The van der Waals surface area contributed by atoms with Crippen LogP contribution in [0.1, 0.15) is 35.0 Å². The lowest BCUT2D eigenvalue weighted by Crippen LogP contribution is -2.40. The fourth-order valence-electron chi connectivity index (χ4n) is 4.04. The molecule has 3 amide bonds. The van der Waals surface area contributed by atoms with Crippen LogP contribution < -0.4 is 5.32 Å². The predicted octanol–water partition coefficient (Wildman–Crippen LogP) is 3.75. The molecule has 27 heavy (non-hydrogen) atoms. The second-order valence-electron chi connectivity index (χ2n) is 7.36. The van der Waals surface area contributed by atoms with Gasteiger partial charge in [-0.15, -0.1) is 11.3 Å². The highest BCUT2D eigenvalue weighted by Crippen LogP contribution is 2.34. The van der Waals surface area contributed by atoms with Crippen LogP contribution in [0.5, 0.6) is 0 Å². The lowest BCUT2D eigenvalue weighted by molar-refractivity contribution is -0.131. The van der Waals surface area contributed by atoms with Crippen LogP contribution in [0.2, 0.25) is 0 Å². The van der Waals surface area contributed by atoms with E-state index >= 15 is 0 Å². The number of nitrogens with one attached hydrogen (secondary N) is 1. The Morgan fingerprint density at radius 1 is 1.15 bits per heavy atom. The standard InChI is InChI=1S/C21H19N3O2S/c1-21(15-10-9-13-5-4-6-14(13)11-15)19(25)24(20(26)23-21)12-18-22-16-7-2-3-8-17(16)27-18/h2-3,7-11H,4-6,12H2,1H3,(H,23,26)/t21-/m1/s1. The fourth-order valence-corrected chi connectivity index (χ4v) is 5.00. The maximum absolute atomic E-state index is 13.2. The second-order valence-corrected chi connectivity index (χ2v) is 8.47. The molecule has 5 nitrogen and oxygen atoms in total. The molecule has 2 aromatic carbocycles. The molecule has 0 bridgehead atoms. The Morgan fingerprint density at radius 2 is 1.96 bits per heavy atom. The van der Waals surface area contributed by atoms with Crippen molar-refractivity contribution in [2.75, 3.05) is 0 Å². The van der Waals surface area contributed by atoms with Gasteiger partial charge in [-0.2, -0.15) is 0 Å². The van der Waals surface area contributed by atoms with Gasteiger partial charge in [-0.05, 0) is 55.0 Å². The zero-order valence-corrected chi connectivity index (χ0v) is 15.8. The molecule has 1 atom stereocenters. The van der Waals surface area contributed by atoms with Crippen LogP contribution in [0.4, 0.5) is 4.79 Å². The van der Waals surface area contributed by atoms with Gasteiger partial charge in [0.25, 0.3) is 5.91 Å². The summed E-state index contributed by atoms with van der Waals surface area (Å²) in [6, 6.07) is 13.6. The maximum Gasteiger partial charge on any atom is 0.325 e. The summed E-state index contributed by atoms with van der Waals surface area (Å²) < 4.78 is 1.06. The first-order valence-electron chi connectivity index (χ1n) is 9.15. The van der Waals surface area contributed by atoms with E-state index in [0.29, 0.717) is 0 Å². The Labute approximate surface area is 161 Å². The molecule has 6 heteroatoms. The summed E-state index contributed by atoms with van der Waals surface area (Å²) in [5.74, 6) is -0.218. The predicted molar refractivity (Wildman–Crippen MR) is 105 cm³/mol. The highest BCUT2D eigenvalue weighted by atomic mass is 32.1. The number of carbonyl (C=O) groups is 2. The highest BCUT2D eigenvalue weighted by molar-refractivity contribution is 7.18. The molecular formula is C21H19N3O2S. The normalized spacial score (nSPS) is 21.7. The summed E-state index contributed by atoms with van der Waals surface area (Å²) in [6.07, 6.45) is 3.28. The van der Waals surface area contributed by atoms with Gasteiger partial charge in [0.2, 0.25) is 0 Å². The molecule has 3 aromatic rings. The summed E-state index contributed by atoms with van der Waals surface area (Å²) in [7, 11) is 0. The van der Waals surface area contributed by atoms with E-state index in [1.165, 1.54) is 27.4 Å². The van der Waals surface area contributed by atoms with Gasteiger partial charge in [0.05, 0.1) is 16.8 Å². The van der Waals surface area contributed by atoms with Crippen molar-refractivity contribution in [3.05, 3.63) is 64.2 Å². The number of hydrogen-bond donors (Lipinski definition) is 1. The van der Waals surface area contributed by atoms with Crippen molar-refractivity contribution >= 4 is 33.5 Å². The smallest absolute Gasteiger partial charge is 0.319 e. The molecule has 0 spiro atoms. The van der Waals surface area contributed by atoms with Crippen molar-refractivity contribution in [2.24, 2.45) is 0 Å². The van der Waals surface area contributed by atoms with E-state index in [-0.39, 0.29) is 18.5 Å². The van der Waals surface area contributed by atoms with Gasteiger partial charge in [0, 0.05) is 0 Å². The number of urea groups is 1. The fraction of sp³-hybridized carbons (Fsp3) is 0.286. The van der Waals surface area contributed by atoms with E-state index in [2.05, 4.69) is 22.4 Å². The van der Waals surface area contributed by atoms with Crippen LogP contribution in [0.3, 0.4) is 0 Å². The van der Waals surface area contributed by atoms with Gasteiger partial charge in [0.15, 0.2) is 0 Å². The average molecular weight is 377 g/mol.